The normalized spacial score (nSPS) is 11.3. The molecule has 0 radical (unpaired) electrons. The topological polar surface area (TPSA) is 49.9 Å². The zero-order valence-corrected chi connectivity index (χ0v) is 19.4. The van der Waals surface area contributed by atoms with Gasteiger partial charge in [-0.2, -0.15) is 0 Å². The van der Waals surface area contributed by atoms with E-state index in [0.717, 1.165) is 19.9 Å². The number of ketones is 1. The highest BCUT2D eigenvalue weighted by molar-refractivity contribution is 9.10. The summed E-state index contributed by atoms with van der Waals surface area (Å²) in [6.45, 7) is 0. The third-order valence-electron chi connectivity index (χ3n) is 4.66. The van der Waals surface area contributed by atoms with Gasteiger partial charge >= 0.3 is 0 Å². The average Bonchev–Trinajstić information content (AvgIpc) is 2.73. The fourth-order valence-corrected chi connectivity index (χ4v) is 4.13. The predicted octanol–water partition coefficient (Wildman–Crippen LogP) is 7.27. The summed E-state index contributed by atoms with van der Waals surface area (Å²) in [7, 11) is 0. The molecule has 0 unspecified atom stereocenters. The van der Waals surface area contributed by atoms with Crippen molar-refractivity contribution >= 4 is 66.2 Å². The Hall–Kier alpha value is -2.47. The fourth-order valence-electron chi connectivity index (χ4n) is 3.27. The molecule has 0 spiro atoms. The Balaban J connectivity index is 1.95. The van der Waals surface area contributed by atoms with E-state index in [1.165, 1.54) is 6.08 Å². The van der Waals surface area contributed by atoms with Crippen LogP contribution in [0.1, 0.15) is 15.9 Å². The number of rotatable bonds is 4. The molecule has 0 aliphatic rings. The van der Waals surface area contributed by atoms with E-state index in [9.17, 15) is 9.59 Å². The number of carbonyl (C=O) groups excluding carboxylic acids is 1. The highest BCUT2D eigenvalue weighted by Crippen LogP contribution is 2.35. The third-order valence-corrected chi connectivity index (χ3v) is 6.01. The maximum atomic E-state index is 13.2. The maximum Gasteiger partial charge on any atom is 0.260 e. The number of carbonyl (C=O) groups is 1. The quantitative estimate of drug-likeness (QED) is 0.217. The van der Waals surface area contributed by atoms with Crippen molar-refractivity contribution in [3.8, 4) is 11.1 Å². The van der Waals surface area contributed by atoms with E-state index in [0.29, 0.717) is 21.7 Å². The Morgan fingerprint density at radius 1 is 0.933 bits per heavy atom. The molecule has 3 aromatic carbocycles. The zero-order chi connectivity index (χ0) is 21.3. The van der Waals surface area contributed by atoms with E-state index in [4.69, 9.17) is 11.6 Å². The summed E-state index contributed by atoms with van der Waals surface area (Å²) < 4.78 is 1.78. The number of pyridine rings is 1. The van der Waals surface area contributed by atoms with E-state index in [-0.39, 0.29) is 5.56 Å². The standard InChI is InChI=1S/C24H14Br2ClNO2/c25-15-8-5-14(6-9-15)7-12-21(29)23-22(17-3-1-2-4-19(17)27)18-13-16(26)10-11-20(18)28-24(23)30/h1-13H,(H,28,30)/b12-7-. The highest BCUT2D eigenvalue weighted by Gasteiger charge is 2.21. The second-order valence-corrected chi connectivity index (χ2v) is 8.86. The maximum absolute atomic E-state index is 13.2. The molecular formula is C24H14Br2ClNO2. The molecule has 0 saturated heterocycles. The Morgan fingerprint density at radius 3 is 2.37 bits per heavy atom. The van der Waals surface area contributed by atoms with Crippen LogP contribution in [0.15, 0.2) is 86.5 Å². The zero-order valence-electron chi connectivity index (χ0n) is 15.5. The number of aromatic nitrogens is 1. The molecule has 4 aromatic rings. The molecule has 0 aliphatic carbocycles. The van der Waals surface area contributed by atoms with Gasteiger partial charge in [0.15, 0.2) is 5.78 Å². The van der Waals surface area contributed by atoms with Gasteiger partial charge < -0.3 is 4.98 Å². The van der Waals surface area contributed by atoms with Gasteiger partial charge in [0.2, 0.25) is 0 Å². The third kappa shape index (κ3) is 4.19. The number of H-pyrrole nitrogens is 1. The minimum Gasteiger partial charge on any atom is -0.321 e. The number of halogens is 3. The van der Waals surface area contributed by atoms with Crippen LogP contribution < -0.4 is 5.56 Å². The van der Waals surface area contributed by atoms with E-state index in [1.807, 2.05) is 54.6 Å². The molecule has 4 rings (SSSR count). The number of benzene rings is 3. The van der Waals surface area contributed by atoms with Crippen LogP contribution in [0.4, 0.5) is 0 Å². The number of hydrogen-bond acceptors (Lipinski definition) is 2. The van der Waals surface area contributed by atoms with Crippen LogP contribution in [-0.2, 0) is 0 Å². The van der Waals surface area contributed by atoms with Crippen LogP contribution >= 0.6 is 43.5 Å². The highest BCUT2D eigenvalue weighted by atomic mass is 79.9. The van der Waals surface area contributed by atoms with Crippen molar-refractivity contribution in [2.24, 2.45) is 0 Å². The molecule has 30 heavy (non-hydrogen) atoms. The summed E-state index contributed by atoms with van der Waals surface area (Å²) in [4.78, 5) is 28.9. The predicted molar refractivity (Wildman–Crippen MR) is 130 cm³/mol. The van der Waals surface area contributed by atoms with Gasteiger partial charge in [0.1, 0.15) is 0 Å². The van der Waals surface area contributed by atoms with Crippen molar-refractivity contribution in [3.63, 3.8) is 0 Å². The van der Waals surface area contributed by atoms with E-state index in [2.05, 4.69) is 36.8 Å². The molecule has 148 valence electrons. The second-order valence-electron chi connectivity index (χ2n) is 6.62. The van der Waals surface area contributed by atoms with Crippen LogP contribution in [0, 0.1) is 0 Å². The molecule has 3 nitrogen and oxygen atoms in total. The van der Waals surface area contributed by atoms with Crippen LogP contribution in [0.2, 0.25) is 5.02 Å². The first-order valence-corrected chi connectivity index (χ1v) is 11.0. The lowest BCUT2D eigenvalue weighted by molar-refractivity contribution is 0.104. The molecule has 0 saturated carbocycles. The Bertz CT molecular complexity index is 1360. The minimum absolute atomic E-state index is 0.0575. The number of aromatic amines is 1. The summed E-state index contributed by atoms with van der Waals surface area (Å²) in [5.41, 5.74) is 2.24. The summed E-state index contributed by atoms with van der Waals surface area (Å²) >= 11 is 13.3. The second kappa shape index (κ2) is 8.72. The van der Waals surface area contributed by atoms with Crippen LogP contribution in [0.3, 0.4) is 0 Å². The Morgan fingerprint density at radius 2 is 1.63 bits per heavy atom. The first kappa shape index (κ1) is 20.8. The lowest BCUT2D eigenvalue weighted by atomic mass is 9.93. The molecule has 0 amide bonds. The summed E-state index contributed by atoms with van der Waals surface area (Å²) in [5, 5.41) is 1.20. The molecule has 0 bridgehead atoms. The number of hydrogen-bond donors (Lipinski definition) is 1. The molecule has 0 atom stereocenters. The van der Waals surface area contributed by atoms with Gasteiger partial charge in [0.25, 0.3) is 5.56 Å². The van der Waals surface area contributed by atoms with Crippen molar-refractivity contribution in [1.82, 2.24) is 4.98 Å². The summed E-state index contributed by atoms with van der Waals surface area (Å²) in [6.07, 6.45) is 3.10. The monoisotopic (exact) mass is 541 g/mol. The molecule has 1 aromatic heterocycles. The van der Waals surface area contributed by atoms with Gasteiger partial charge in [-0.3, -0.25) is 9.59 Å². The van der Waals surface area contributed by atoms with Gasteiger partial charge in [-0.15, -0.1) is 0 Å². The minimum atomic E-state index is -0.454. The SMILES string of the molecule is O=C(/C=C\c1ccc(Br)cc1)c1c(-c2ccccc2Cl)c2cc(Br)ccc2[nH]c1=O. The Kier molecular flexibility index (Phi) is 6.04. The van der Waals surface area contributed by atoms with Crippen molar-refractivity contribution in [2.45, 2.75) is 0 Å². The smallest absolute Gasteiger partial charge is 0.260 e. The van der Waals surface area contributed by atoms with Crippen LogP contribution in [0.5, 0.6) is 0 Å². The fraction of sp³-hybridized carbons (Fsp3) is 0. The van der Waals surface area contributed by atoms with Crippen LogP contribution in [-0.4, -0.2) is 10.8 Å². The van der Waals surface area contributed by atoms with Gasteiger partial charge in [0.05, 0.1) is 5.56 Å². The molecular weight excluding hydrogens is 530 g/mol. The van der Waals surface area contributed by atoms with Gasteiger partial charge in [-0.05, 0) is 48.0 Å². The van der Waals surface area contributed by atoms with Crippen molar-refractivity contribution in [2.75, 3.05) is 0 Å². The van der Waals surface area contributed by atoms with Gasteiger partial charge in [0, 0.05) is 36.0 Å². The molecule has 1 N–H and O–H groups in total. The lowest BCUT2D eigenvalue weighted by Gasteiger charge is -2.13. The van der Waals surface area contributed by atoms with Gasteiger partial charge in [-0.1, -0.05) is 79.9 Å². The summed E-state index contributed by atoms with van der Waals surface area (Å²) in [5.74, 6) is -0.393. The van der Waals surface area contributed by atoms with Crippen molar-refractivity contribution in [3.05, 3.63) is 108 Å². The first-order chi connectivity index (χ1) is 14.4. The largest absolute Gasteiger partial charge is 0.321 e. The number of fused-ring (bicyclic) bond motifs is 1. The van der Waals surface area contributed by atoms with Crippen molar-refractivity contribution < 1.29 is 4.79 Å². The Labute approximate surface area is 194 Å². The first-order valence-electron chi connectivity index (χ1n) is 9.02. The number of allylic oxidation sites excluding steroid dienone is 1. The average molecular weight is 544 g/mol. The number of nitrogens with one attached hydrogen (secondary N) is 1. The molecule has 1 heterocycles. The van der Waals surface area contributed by atoms with Crippen LogP contribution in [0.25, 0.3) is 28.1 Å². The lowest BCUT2D eigenvalue weighted by Crippen LogP contribution is -2.18. The summed E-state index contributed by atoms with van der Waals surface area (Å²) in [6, 6.07) is 20.2. The van der Waals surface area contributed by atoms with E-state index >= 15 is 0 Å². The molecule has 0 aliphatic heterocycles. The molecule has 0 fully saturated rings. The van der Waals surface area contributed by atoms with E-state index in [1.54, 1.807) is 18.2 Å². The van der Waals surface area contributed by atoms with Crippen molar-refractivity contribution in [1.29, 1.82) is 0 Å². The van der Waals surface area contributed by atoms with E-state index < -0.39 is 11.3 Å². The van der Waals surface area contributed by atoms with Gasteiger partial charge in [-0.25, -0.2) is 0 Å². The molecule has 6 heteroatoms.